The fraction of sp³-hybridized carbons (Fsp3) is 0.435. The van der Waals surface area contributed by atoms with E-state index in [1.54, 1.807) is 21.3 Å². The molecule has 2 aromatic rings. The zero-order valence-corrected chi connectivity index (χ0v) is 18.6. The third-order valence-electron chi connectivity index (χ3n) is 4.45. The summed E-state index contributed by atoms with van der Waals surface area (Å²) < 4.78 is 22.0. The van der Waals surface area contributed by atoms with Gasteiger partial charge in [0.2, 0.25) is 5.75 Å². The van der Waals surface area contributed by atoms with Crippen LogP contribution >= 0.6 is 0 Å². The smallest absolute Gasteiger partial charge is 0.203 e. The van der Waals surface area contributed by atoms with Crippen LogP contribution in [0.2, 0.25) is 0 Å². The SMILES string of the molecule is CCNC(=NCc1cc(OC)c(OC)c(OC)c1)NCCCOc1ccccc1C. The van der Waals surface area contributed by atoms with Crippen molar-refractivity contribution in [3.05, 3.63) is 47.5 Å². The van der Waals surface area contributed by atoms with Crippen molar-refractivity contribution in [3.63, 3.8) is 0 Å². The molecule has 0 aliphatic carbocycles. The summed E-state index contributed by atoms with van der Waals surface area (Å²) in [5.74, 6) is 3.50. The molecule has 0 aliphatic rings. The summed E-state index contributed by atoms with van der Waals surface area (Å²) in [7, 11) is 4.80. The Morgan fingerprint density at radius 2 is 1.63 bits per heavy atom. The molecule has 0 heterocycles. The molecule has 0 bridgehead atoms. The summed E-state index contributed by atoms with van der Waals surface area (Å²) >= 11 is 0. The molecule has 0 aromatic heterocycles. The molecule has 2 N–H and O–H groups in total. The molecule has 0 unspecified atom stereocenters. The van der Waals surface area contributed by atoms with Gasteiger partial charge in [-0.3, -0.25) is 0 Å². The summed E-state index contributed by atoms with van der Waals surface area (Å²) in [4.78, 5) is 4.66. The Balaban J connectivity index is 1.91. The Morgan fingerprint density at radius 1 is 0.933 bits per heavy atom. The van der Waals surface area contributed by atoms with Crippen LogP contribution in [0.5, 0.6) is 23.0 Å². The molecule has 0 amide bonds. The van der Waals surface area contributed by atoms with Crippen LogP contribution in [0.3, 0.4) is 0 Å². The van der Waals surface area contributed by atoms with E-state index in [0.29, 0.717) is 30.4 Å². The molecule has 0 aliphatic heterocycles. The molecule has 0 spiro atoms. The van der Waals surface area contributed by atoms with Gasteiger partial charge in [0.15, 0.2) is 17.5 Å². The summed E-state index contributed by atoms with van der Waals surface area (Å²) in [5, 5.41) is 6.60. The molecule has 0 saturated heterocycles. The number of hydrogen-bond donors (Lipinski definition) is 2. The fourth-order valence-electron chi connectivity index (χ4n) is 2.92. The number of para-hydroxylation sites is 1. The number of methoxy groups -OCH3 is 3. The van der Waals surface area contributed by atoms with Gasteiger partial charge in [0.25, 0.3) is 0 Å². The van der Waals surface area contributed by atoms with Gasteiger partial charge in [0, 0.05) is 13.1 Å². The third kappa shape index (κ3) is 6.76. The number of ether oxygens (including phenoxy) is 4. The minimum atomic E-state index is 0.478. The van der Waals surface area contributed by atoms with E-state index in [1.807, 2.05) is 50.2 Å². The molecule has 2 aromatic carbocycles. The molecule has 30 heavy (non-hydrogen) atoms. The highest BCUT2D eigenvalue weighted by Crippen LogP contribution is 2.38. The second kappa shape index (κ2) is 12.5. The molecular weight excluding hydrogens is 382 g/mol. The highest BCUT2D eigenvalue weighted by atomic mass is 16.5. The van der Waals surface area contributed by atoms with E-state index in [1.165, 1.54) is 0 Å². The maximum absolute atomic E-state index is 5.84. The normalized spacial score (nSPS) is 11.0. The van der Waals surface area contributed by atoms with E-state index in [4.69, 9.17) is 18.9 Å². The molecular formula is C23H33N3O4. The van der Waals surface area contributed by atoms with Gasteiger partial charge in [-0.05, 0) is 49.6 Å². The van der Waals surface area contributed by atoms with Crippen molar-refractivity contribution in [2.75, 3.05) is 41.0 Å². The minimum absolute atomic E-state index is 0.478. The molecule has 0 atom stereocenters. The molecule has 7 heteroatoms. The molecule has 7 nitrogen and oxygen atoms in total. The van der Waals surface area contributed by atoms with Gasteiger partial charge in [-0.1, -0.05) is 18.2 Å². The van der Waals surface area contributed by atoms with Crippen molar-refractivity contribution in [2.24, 2.45) is 4.99 Å². The Hall–Kier alpha value is -3.09. The third-order valence-corrected chi connectivity index (χ3v) is 4.45. The van der Waals surface area contributed by atoms with Crippen molar-refractivity contribution in [2.45, 2.75) is 26.8 Å². The Labute approximate surface area is 179 Å². The van der Waals surface area contributed by atoms with Crippen molar-refractivity contribution in [1.82, 2.24) is 10.6 Å². The molecule has 0 radical (unpaired) electrons. The lowest BCUT2D eigenvalue weighted by atomic mass is 10.2. The Morgan fingerprint density at radius 3 is 2.23 bits per heavy atom. The first-order chi connectivity index (χ1) is 14.6. The number of aryl methyl sites for hydroxylation is 1. The Bertz CT molecular complexity index is 799. The zero-order chi connectivity index (χ0) is 21.8. The number of aliphatic imine (C=N–C) groups is 1. The molecule has 164 valence electrons. The van der Waals surface area contributed by atoms with E-state index >= 15 is 0 Å². The number of nitrogens with zero attached hydrogens (tertiary/aromatic N) is 1. The number of nitrogens with one attached hydrogen (secondary N) is 2. The highest BCUT2D eigenvalue weighted by Gasteiger charge is 2.13. The molecule has 0 saturated carbocycles. The summed E-state index contributed by atoms with van der Waals surface area (Å²) in [6.45, 7) is 6.74. The maximum atomic E-state index is 5.84. The predicted octanol–water partition coefficient (Wildman–Crippen LogP) is 3.55. The van der Waals surface area contributed by atoms with Gasteiger partial charge in [0.1, 0.15) is 5.75 Å². The van der Waals surface area contributed by atoms with Crippen LogP contribution in [0.4, 0.5) is 0 Å². The minimum Gasteiger partial charge on any atom is -0.493 e. The van der Waals surface area contributed by atoms with Gasteiger partial charge in [-0.25, -0.2) is 4.99 Å². The lowest BCUT2D eigenvalue weighted by molar-refractivity contribution is 0.309. The maximum Gasteiger partial charge on any atom is 0.203 e. The number of rotatable bonds is 11. The van der Waals surface area contributed by atoms with E-state index < -0.39 is 0 Å². The van der Waals surface area contributed by atoms with Crippen LogP contribution in [0.1, 0.15) is 24.5 Å². The van der Waals surface area contributed by atoms with E-state index in [9.17, 15) is 0 Å². The van der Waals surface area contributed by atoms with Crippen LogP contribution in [-0.2, 0) is 6.54 Å². The van der Waals surface area contributed by atoms with Crippen LogP contribution in [0, 0.1) is 6.92 Å². The van der Waals surface area contributed by atoms with Crippen LogP contribution in [0.25, 0.3) is 0 Å². The molecule has 2 rings (SSSR count). The van der Waals surface area contributed by atoms with Crippen molar-refractivity contribution in [3.8, 4) is 23.0 Å². The average Bonchev–Trinajstić information content (AvgIpc) is 2.77. The first kappa shape index (κ1) is 23.2. The number of benzene rings is 2. The van der Waals surface area contributed by atoms with Crippen LogP contribution < -0.4 is 29.6 Å². The van der Waals surface area contributed by atoms with Crippen LogP contribution in [0.15, 0.2) is 41.4 Å². The summed E-state index contributed by atoms with van der Waals surface area (Å²) in [6.07, 6.45) is 0.864. The zero-order valence-electron chi connectivity index (χ0n) is 18.6. The highest BCUT2D eigenvalue weighted by molar-refractivity contribution is 5.79. The average molecular weight is 416 g/mol. The standard InChI is InChI=1S/C23H33N3O4/c1-6-24-23(25-12-9-13-30-19-11-8-7-10-17(19)2)26-16-18-14-20(27-3)22(29-5)21(15-18)28-4/h7-8,10-11,14-15H,6,9,12-13,16H2,1-5H3,(H2,24,25,26). The first-order valence-corrected chi connectivity index (χ1v) is 10.1. The van der Waals surface area contributed by atoms with E-state index in [2.05, 4.69) is 15.6 Å². The van der Waals surface area contributed by atoms with E-state index in [-0.39, 0.29) is 0 Å². The largest absolute Gasteiger partial charge is 0.493 e. The van der Waals surface area contributed by atoms with Crippen molar-refractivity contribution in [1.29, 1.82) is 0 Å². The van der Waals surface area contributed by atoms with Gasteiger partial charge in [0.05, 0.1) is 34.5 Å². The van der Waals surface area contributed by atoms with Gasteiger partial charge >= 0.3 is 0 Å². The first-order valence-electron chi connectivity index (χ1n) is 10.1. The van der Waals surface area contributed by atoms with Crippen molar-refractivity contribution >= 4 is 5.96 Å². The van der Waals surface area contributed by atoms with Crippen molar-refractivity contribution < 1.29 is 18.9 Å². The fourth-order valence-corrected chi connectivity index (χ4v) is 2.92. The summed E-state index contributed by atoms with van der Waals surface area (Å²) in [6, 6.07) is 11.9. The quantitative estimate of drug-likeness (QED) is 0.332. The van der Waals surface area contributed by atoms with Gasteiger partial charge < -0.3 is 29.6 Å². The Kier molecular flexibility index (Phi) is 9.64. The lowest BCUT2D eigenvalue weighted by Crippen LogP contribution is -2.38. The second-order valence-electron chi connectivity index (χ2n) is 6.62. The topological polar surface area (TPSA) is 73.3 Å². The van der Waals surface area contributed by atoms with Gasteiger partial charge in [-0.2, -0.15) is 0 Å². The summed E-state index contributed by atoms with van der Waals surface area (Å²) in [5.41, 5.74) is 2.11. The second-order valence-corrected chi connectivity index (χ2v) is 6.62. The van der Waals surface area contributed by atoms with Gasteiger partial charge in [-0.15, -0.1) is 0 Å². The van der Waals surface area contributed by atoms with Crippen LogP contribution in [-0.4, -0.2) is 47.0 Å². The lowest BCUT2D eigenvalue weighted by Gasteiger charge is -2.14. The monoisotopic (exact) mass is 415 g/mol. The van der Waals surface area contributed by atoms with E-state index in [0.717, 1.165) is 42.3 Å². The predicted molar refractivity (Wildman–Crippen MR) is 120 cm³/mol. The number of hydrogen-bond acceptors (Lipinski definition) is 5. The number of guanidine groups is 1. The molecule has 0 fully saturated rings.